The average Bonchev–Trinajstić information content (AvgIpc) is 2.81. The van der Waals surface area contributed by atoms with Crippen LogP contribution in [-0.2, 0) is 11.2 Å². The molecule has 0 saturated heterocycles. The summed E-state index contributed by atoms with van der Waals surface area (Å²) in [6, 6.07) is 10.5. The minimum absolute atomic E-state index is 0.0392. The number of carbonyl (C=O) groups is 2. The van der Waals surface area contributed by atoms with Crippen molar-refractivity contribution in [1.82, 2.24) is 10.2 Å². The highest BCUT2D eigenvalue weighted by Gasteiger charge is 2.33. The normalized spacial score (nSPS) is 15.0. The number of fused-ring (bicyclic) bond motifs is 1. The molecular weight excluding hydrogens is 422 g/mol. The number of nitrogens with one attached hydrogen (secondary N) is 2. The van der Waals surface area contributed by atoms with Gasteiger partial charge in [0.15, 0.2) is 11.5 Å². The molecule has 0 fully saturated rings. The lowest BCUT2D eigenvalue weighted by Gasteiger charge is -2.38. The van der Waals surface area contributed by atoms with Gasteiger partial charge in [-0.25, -0.2) is 4.79 Å². The number of urea groups is 1. The van der Waals surface area contributed by atoms with Crippen LogP contribution in [0.25, 0.3) is 0 Å². The minimum atomic E-state index is -0.362. The second-order valence-electron chi connectivity index (χ2n) is 8.40. The lowest BCUT2D eigenvalue weighted by atomic mass is 9.91. The van der Waals surface area contributed by atoms with Crippen molar-refractivity contribution in [3.05, 3.63) is 47.5 Å². The fraction of sp³-hybridized carbons (Fsp3) is 0.440. The van der Waals surface area contributed by atoms with Gasteiger partial charge in [0.05, 0.1) is 33.1 Å². The zero-order valence-corrected chi connectivity index (χ0v) is 19.9. The van der Waals surface area contributed by atoms with E-state index in [0.29, 0.717) is 48.9 Å². The highest BCUT2D eigenvalue weighted by molar-refractivity contribution is 5.91. The van der Waals surface area contributed by atoms with Gasteiger partial charge in [0.1, 0.15) is 5.75 Å². The van der Waals surface area contributed by atoms with E-state index in [1.165, 1.54) is 0 Å². The van der Waals surface area contributed by atoms with Crippen molar-refractivity contribution in [1.29, 1.82) is 0 Å². The van der Waals surface area contributed by atoms with E-state index in [1.807, 2.05) is 38.1 Å². The van der Waals surface area contributed by atoms with Crippen molar-refractivity contribution in [2.75, 3.05) is 39.7 Å². The van der Waals surface area contributed by atoms with E-state index in [-0.39, 0.29) is 23.9 Å². The SMILES string of the molecule is COc1ccccc1NC(=O)N1CCc2cc(OC)c(OC)cc2[C@H]1CNC(=O)CC(C)C. The maximum Gasteiger partial charge on any atom is 0.322 e. The number of ether oxygens (including phenoxy) is 3. The van der Waals surface area contributed by atoms with Crippen LogP contribution in [0.2, 0.25) is 0 Å². The lowest BCUT2D eigenvalue weighted by Crippen LogP contribution is -2.47. The largest absolute Gasteiger partial charge is 0.495 e. The zero-order valence-electron chi connectivity index (χ0n) is 19.9. The highest BCUT2D eigenvalue weighted by Crippen LogP contribution is 2.38. The van der Waals surface area contributed by atoms with Crippen LogP contribution in [0.4, 0.5) is 10.5 Å². The number of amides is 3. The van der Waals surface area contributed by atoms with Gasteiger partial charge in [-0.3, -0.25) is 4.79 Å². The molecule has 0 unspecified atom stereocenters. The van der Waals surface area contributed by atoms with Gasteiger partial charge in [0, 0.05) is 19.5 Å². The van der Waals surface area contributed by atoms with E-state index < -0.39 is 0 Å². The lowest BCUT2D eigenvalue weighted by molar-refractivity contribution is -0.122. The van der Waals surface area contributed by atoms with E-state index in [1.54, 1.807) is 38.4 Å². The number of hydrogen-bond donors (Lipinski definition) is 2. The van der Waals surface area contributed by atoms with Crippen molar-refractivity contribution in [3.63, 3.8) is 0 Å². The molecule has 8 heteroatoms. The zero-order chi connectivity index (χ0) is 24.0. The molecule has 0 aromatic heterocycles. The summed E-state index contributed by atoms with van der Waals surface area (Å²) in [5.74, 6) is 2.02. The van der Waals surface area contributed by atoms with Crippen LogP contribution < -0.4 is 24.8 Å². The number of carbonyl (C=O) groups excluding carboxylic acids is 2. The van der Waals surface area contributed by atoms with Crippen molar-refractivity contribution >= 4 is 17.6 Å². The number of methoxy groups -OCH3 is 3. The third-order valence-electron chi connectivity index (χ3n) is 5.70. The van der Waals surface area contributed by atoms with Crippen molar-refractivity contribution < 1.29 is 23.8 Å². The summed E-state index contributed by atoms with van der Waals surface area (Å²) in [5.41, 5.74) is 2.58. The standard InChI is InChI=1S/C25H33N3O5/c1-16(2)12-24(29)26-15-20-18-14-23(33-5)22(32-4)13-17(18)10-11-28(20)25(30)27-19-8-6-7-9-21(19)31-3/h6-9,13-14,16,20H,10-12,15H2,1-5H3,(H,26,29)(H,27,30)/t20-/m1/s1. The minimum Gasteiger partial charge on any atom is -0.495 e. The number of benzene rings is 2. The molecule has 3 rings (SSSR count). The summed E-state index contributed by atoms with van der Waals surface area (Å²) >= 11 is 0. The number of rotatable bonds is 8. The summed E-state index contributed by atoms with van der Waals surface area (Å²) in [7, 11) is 4.75. The molecule has 0 aliphatic carbocycles. The Morgan fingerprint density at radius 1 is 1.03 bits per heavy atom. The molecule has 0 saturated carbocycles. The van der Waals surface area contributed by atoms with Crippen molar-refractivity contribution in [3.8, 4) is 17.2 Å². The first kappa shape index (κ1) is 24.2. The molecule has 0 radical (unpaired) electrons. The van der Waals surface area contributed by atoms with E-state index >= 15 is 0 Å². The Kier molecular flexibility index (Phi) is 8.03. The second-order valence-corrected chi connectivity index (χ2v) is 8.40. The first-order valence-corrected chi connectivity index (χ1v) is 11.1. The van der Waals surface area contributed by atoms with E-state index in [4.69, 9.17) is 14.2 Å². The summed E-state index contributed by atoms with van der Waals surface area (Å²) in [6.07, 6.45) is 1.09. The summed E-state index contributed by atoms with van der Waals surface area (Å²) < 4.78 is 16.3. The van der Waals surface area contributed by atoms with Crippen LogP contribution in [0.15, 0.2) is 36.4 Å². The van der Waals surface area contributed by atoms with Crippen molar-refractivity contribution in [2.45, 2.75) is 32.7 Å². The summed E-state index contributed by atoms with van der Waals surface area (Å²) in [6.45, 7) is 4.79. The van der Waals surface area contributed by atoms with Gasteiger partial charge in [0.25, 0.3) is 0 Å². The molecule has 2 aromatic carbocycles. The molecule has 1 aliphatic rings. The topological polar surface area (TPSA) is 89.1 Å². The number of nitrogens with zero attached hydrogens (tertiary/aromatic N) is 1. The maximum atomic E-state index is 13.3. The molecule has 1 atom stereocenters. The molecule has 2 aromatic rings. The molecule has 0 bridgehead atoms. The second kappa shape index (κ2) is 10.9. The molecule has 1 heterocycles. The Bertz CT molecular complexity index is 992. The van der Waals surface area contributed by atoms with Gasteiger partial charge >= 0.3 is 6.03 Å². The summed E-state index contributed by atoms with van der Waals surface area (Å²) in [4.78, 5) is 27.5. The Morgan fingerprint density at radius 2 is 1.70 bits per heavy atom. The third-order valence-corrected chi connectivity index (χ3v) is 5.70. The van der Waals surface area contributed by atoms with Crippen LogP contribution >= 0.6 is 0 Å². The monoisotopic (exact) mass is 455 g/mol. The number of anilines is 1. The smallest absolute Gasteiger partial charge is 0.322 e. The fourth-order valence-corrected chi connectivity index (χ4v) is 4.08. The van der Waals surface area contributed by atoms with Crippen LogP contribution in [0, 0.1) is 5.92 Å². The molecule has 2 N–H and O–H groups in total. The predicted octanol–water partition coefficient (Wildman–Crippen LogP) is 4.01. The molecule has 33 heavy (non-hydrogen) atoms. The fourth-order valence-electron chi connectivity index (χ4n) is 4.08. The van der Waals surface area contributed by atoms with Crippen LogP contribution in [-0.4, -0.2) is 51.3 Å². The van der Waals surface area contributed by atoms with Crippen LogP contribution in [0.5, 0.6) is 17.2 Å². The van der Waals surface area contributed by atoms with Gasteiger partial charge in [-0.15, -0.1) is 0 Å². The predicted molar refractivity (Wildman–Crippen MR) is 127 cm³/mol. The highest BCUT2D eigenvalue weighted by atomic mass is 16.5. The maximum absolute atomic E-state index is 13.3. The molecular formula is C25H33N3O5. The Hall–Kier alpha value is -3.42. The molecule has 178 valence electrons. The molecule has 8 nitrogen and oxygen atoms in total. The third kappa shape index (κ3) is 5.69. The van der Waals surface area contributed by atoms with Crippen LogP contribution in [0.1, 0.15) is 37.4 Å². The molecule has 1 aliphatic heterocycles. The number of para-hydroxylation sites is 2. The van der Waals surface area contributed by atoms with Crippen LogP contribution in [0.3, 0.4) is 0 Å². The Morgan fingerprint density at radius 3 is 2.36 bits per heavy atom. The first-order valence-electron chi connectivity index (χ1n) is 11.1. The quantitative estimate of drug-likeness (QED) is 0.628. The van der Waals surface area contributed by atoms with Gasteiger partial charge in [-0.2, -0.15) is 0 Å². The Balaban J connectivity index is 1.91. The van der Waals surface area contributed by atoms with Gasteiger partial charge in [-0.05, 0) is 47.7 Å². The van der Waals surface area contributed by atoms with E-state index in [2.05, 4.69) is 10.6 Å². The first-order chi connectivity index (χ1) is 15.9. The van der Waals surface area contributed by atoms with Gasteiger partial charge < -0.3 is 29.7 Å². The molecule has 3 amide bonds. The van der Waals surface area contributed by atoms with Gasteiger partial charge in [-0.1, -0.05) is 26.0 Å². The van der Waals surface area contributed by atoms with Crippen molar-refractivity contribution in [2.24, 2.45) is 5.92 Å². The average molecular weight is 456 g/mol. The van der Waals surface area contributed by atoms with E-state index in [0.717, 1.165) is 11.1 Å². The summed E-state index contributed by atoms with van der Waals surface area (Å²) in [5, 5.41) is 5.96. The number of hydrogen-bond acceptors (Lipinski definition) is 5. The Labute approximate surface area is 195 Å². The van der Waals surface area contributed by atoms with E-state index in [9.17, 15) is 9.59 Å². The van der Waals surface area contributed by atoms with Gasteiger partial charge in [0.2, 0.25) is 5.91 Å². The molecule has 0 spiro atoms.